The van der Waals surface area contributed by atoms with E-state index >= 15 is 0 Å². The summed E-state index contributed by atoms with van der Waals surface area (Å²) in [6.07, 6.45) is 0. The van der Waals surface area contributed by atoms with Crippen LogP contribution in [0.3, 0.4) is 0 Å². The average Bonchev–Trinajstić information content (AvgIpc) is 2.63. The first-order chi connectivity index (χ1) is 12.6. The number of hydrogen-bond acceptors (Lipinski definition) is 10. The van der Waals surface area contributed by atoms with E-state index in [-0.39, 0.29) is 0 Å². The third-order valence-corrected chi connectivity index (χ3v) is 5.48. The highest BCUT2D eigenvalue weighted by atomic mass is 32.2. The molecule has 0 unspecified atom stereocenters. The highest BCUT2D eigenvalue weighted by Crippen LogP contribution is 2.30. The number of rotatable bonds is 11. The number of hydroxylamine groups is 2. The van der Waals surface area contributed by atoms with Crippen molar-refractivity contribution in [3.05, 3.63) is 58.9 Å². The fourth-order valence-corrected chi connectivity index (χ4v) is 3.98. The van der Waals surface area contributed by atoms with Gasteiger partial charge < -0.3 is 31.6 Å². The molecule has 4 N–H and O–H groups in total. The molecule has 0 aliphatic heterocycles. The fourth-order valence-electron chi connectivity index (χ4n) is 1.97. The van der Waals surface area contributed by atoms with Gasteiger partial charge in [-0.25, -0.2) is 0 Å². The van der Waals surface area contributed by atoms with Gasteiger partial charge in [0.05, 0.1) is 11.4 Å². The fraction of sp³-hybridized carbons (Fsp3) is 0.250. The van der Waals surface area contributed by atoms with E-state index in [1.165, 1.54) is 14.1 Å². The van der Waals surface area contributed by atoms with Crippen LogP contribution in [0.4, 0.5) is 11.4 Å². The molecule has 0 fully saturated rings. The largest absolute Gasteiger partial charge is 0.771 e. The molecule has 0 aliphatic rings. The Morgan fingerprint density at radius 2 is 1.12 bits per heavy atom. The lowest BCUT2D eigenvalue weighted by Crippen LogP contribution is -2.34. The topological polar surface area (TPSA) is 101 Å². The SMILES string of the molecule is CN([O-])NNc1ccccc1SCCSc1ccccc1NNN(C)[O-]. The number of thioether (sulfide) groups is 2. The monoisotopic (exact) mass is 394 g/mol. The quantitative estimate of drug-likeness (QED) is 0.258. The van der Waals surface area contributed by atoms with Crippen molar-refractivity contribution >= 4 is 34.9 Å². The molecule has 0 saturated carbocycles. The Bertz CT molecular complexity index is 617. The lowest BCUT2D eigenvalue weighted by Gasteiger charge is -2.25. The van der Waals surface area contributed by atoms with Crippen molar-refractivity contribution in [3.8, 4) is 0 Å². The van der Waals surface area contributed by atoms with Gasteiger partial charge in [0.2, 0.25) is 0 Å². The van der Waals surface area contributed by atoms with Crippen molar-refractivity contribution in [3.63, 3.8) is 0 Å². The van der Waals surface area contributed by atoms with Gasteiger partial charge >= 0.3 is 0 Å². The van der Waals surface area contributed by atoms with Gasteiger partial charge in [-0.05, 0) is 38.4 Å². The van der Waals surface area contributed by atoms with Gasteiger partial charge in [0.15, 0.2) is 0 Å². The van der Waals surface area contributed by atoms with E-state index < -0.39 is 0 Å². The first kappa shape index (κ1) is 20.8. The third kappa shape index (κ3) is 7.40. The molecule has 2 rings (SSSR count). The summed E-state index contributed by atoms with van der Waals surface area (Å²) in [6, 6.07) is 15.6. The van der Waals surface area contributed by atoms with Crippen LogP contribution in [0.1, 0.15) is 0 Å². The minimum Gasteiger partial charge on any atom is -0.771 e. The van der Waals surface area contributed by atoms with Crippen molar-refractivity contribution in [2.24, 2.45) is 0 Å². The van der Waals surface area contributed by atoms with E-state index in [0.29, 0.717) is 10.3 Å². The van der Waals surface area contributed by atoms with Gasteiger partial charge in [0.25, 0.3) is 0 Å². The molecule has 0 atom stereocenters. The van der Waals surface area contributed by atoms with E-state index in [1.807, 2.05) is 48.5 Å². The predicted molar refractivity (Wildman–Crippen MR) is 110 cm³/mol. The van der Waals surface area contributed by atoms with Gasteiger partial charge in [-0.15, -0.1) is 23.5 Å². The second-order valence-electron chi connectivity index (χ2n) is 5.16. The maximum Gasteiger partial charge on any atom is 0.0636 e. The maximum atomic E-state index is 11.0. The molecule has 0 aromatic heterocycles. The van der Waals surface area contributed by atoms with Crippen molar-refractivity contribution in [1.29, 1.82) is 0 Å². The first-order valence-corrected chi connectivity index (χ1v) is 9.82. The second-order valence-corrected chi connectivity index (χ2v) is 7.43. The van der Waals surface area contributed by atoms with Crippen LogP contribution in [0.5, 0.6) is 0 Å². The minimum atomic E-state index is 0.606. The van der Waals surface area contributed by atoms with E-state index in [1.54, 1.807) is 23.5 Å². The summed E-state index contributed by atoms with van der Waals surface area (Å²) in [5.41, 5.74) is 12.5. The summed E-state index contributed by atoms with van der Waals surface area (Å²) in [5, 5.41) is 23.2. The van der Waals surface area contributed by atoms with Gasteiger partial charge in [-0.2, -0.15) is 11.1 Å². The van der Waals surface area contributed by atoms with Crippen LogP contribution in [-0.2, 0) is 0 Å². The standard InChI is InChI=1S/C16H22N6O2S2/c1-21(23)19-17-13-7-3-5-9-15(13)25-11-12-26-16-10-6-4-8-14(16)18-20-22(2)24/h3-10,17-20H,11-12H2,1-2H3/q-2. The molecular weight excluding hydrogens is 372 g/mol. The zero-order valence-electron chi connectivity index (χ0n) is 14.6. The summed E-state index contributed by atoms with van der Waals surface area (Å²) in [5.74, 6) is 1.78. The summed E-state index contributed by atoms with van der Waals surface area (Å²) >= 11 is 3.41. The van der Waals surface area contributed by atoms with Crippen molar-refractivity contribution < 1.29 is 0 Å². The van der Waals surface area contributed by atoms with Crippen molar-refractivity contribution in [2.45, 2.75) is 9.79 Å². The van der Waals surface area contributed by atoms with Crippen LogP contribution in [-0.4, -0.2) is 35.9 Å². The van der Waals surface area contributed by atoms with Crippen LogP contribution in [0.25, 0.3) is 0 Å². The Morgan fingerprint density at radius 3 is 1.50 bits per heavy atom. The predicted octanol–water partition coefficient (Wildman–Crippen LogP) is 3.09. The Hall–Kier alpha value is -1.50. The second kappa shape index (κ2) is 11.3. The van der Waals surface area contributed by atoms with Crippen molar-refractivity contribution in [1.82, 2.24) is 21.4 Å². The maximum absolute atomic E-state index is 11.0. The molecule has 0 saturated heterocycles. The molecule has 2 aromatic rings. The number of para-hydroxylation sites is 2. The number of nitrogens with zero attached hydrogens (tertiary/aromatic N) is 2. The third-order valence-electron chi connectivity index (χ3n) is 3.07. The summed E-state index contributed by atoms with van der Waals surface area (Å²) in [4.78, 5) is 2.12. The smallest absolute Gasteiger partial charge is 0.0636 e. The first-order valence-electron chi connectivity index (χ1n) is 7.85. The Morgan fingerprint density at radius 1 is 0.731 bits per heavy atom. The molecule has 0 spiro atoms. The molecule has 0 radical (unpaired) electrons. The number of benzene rings is 2. The van der Waals surface area contributed by atoms with E-state index in [0.717, 1.165) is 32.7 Å². The minimum absolute atomic E-state index is 0.606. The summed E-state index contributed by atoms with van der Waals surface area (Å²) in [7, 11) is 2.76. The van der Waals surface area contributed by atoms with E-state index in [9.17, 15) is 10.4 Å². The lowest BCUT2D eigenvalue weighted by molar-refractivity contribution is 0.363. The van der Waals surface area contributed by atoms with Gasteiger partial charge in [0, 0.05) is 21.3 Å². The zero-order chi connectivity index (χ0) is 18.8. The molecule has 8 nitrogen and oxygen atoms in total. The van der Waals surface area contributed by atoms with Crippen LogP contribution < -0.4 is 21.9 Å². The Balaban J connectivity index is 1.84. The molecule has 0 amide bonds. The van der Waals surface area contributed by atoms with Gasteiger partial charge in [-0.3, -0.25) is 0 Å². The van der Waals surface area contributed by atoms with Crippen LogP contribution >= 0.6 is 23.5 Å². The van der Waals surface area contributed by atoms with Crippen LogP contribution in [0.15, 0.2) is 58.3 Å². The number of hydrazine groups is 4. The molecule has 2 aromatic carbocycles. The van der Waals surface area contributed by atoms with Gasteiger partial charge in [-0.1, -0.05) is 24.3 Å². The normalized spacial score (nSPS) is 11.2. The molecule has 142 valence electrons. The summed E-state index contributed by atoms with van der Waals surface area (Å²) in [6.45, 7) is 0. The van der Waals surface area contributed by atoms with E-state index in [2.05, 4.69) is 21.9 Å². The molecule has 0 bridgehead atoms. The van der Waals surface area contributed by atoms with Crippen LogP contribution in [0.2, 0.25) is 0 Å². The number of anilines is 2. The molecule has 26 heavy (non-hydrogen) atoms. The summed E-state index contributed by atoms with van der Waals surface area (Å²) < 4.78 is 0. The molecule has 0 aliphatic carbocycles. The highest BCUT2D eigenvalue weighted by Gasteiger charge is 2.04. The van der Waals surface area contributed by atoms with Gasteiger partial charge in [0.1, 0.15) is 0 Å². The molecule has 0 heterocycles. The molecular formula is C16H22N6O2S2-2. The van der Waals surface area contributed by atoms with Crippen molar-refractivity contribution in [2.75, 3.05) is 36.5 Å². The lowest BCUT2D eigenvalue weighted by atomic mass is 10.3. The van der Waals surface area contributed by atoms with E-state index in [4.69, 9.17) is 0 Å². The zero-order valence-corrected chi connectivity index (χ0v) is 16.2. The Labute approximate surface area is 161 Å². The average molecular weight is 395 g/mol. The highest BCUT2D eigenvalue weighted by molar-refractivity contribution is 8.03. The Kier molecular flexibility index (Phi) is 9.01. The van der Waals surface area contributed by atoms with Crippen LogP contribution in [0, 0.1) is 10.4 Å². The molecule has 10 heteroatoms. The number of nitrogens with one attached hydrogen (secondary N) is 4. The number of hydrogen-bond donors (Lipinski definition) is 4.